The van der Waals surface area contributed by atoms with Gasteiger partial charge in [0.15, 0.2) is 5.75 Å². The first-order valence-corrected chi connectivity index (χ1v) is 9.20. The zero-order valence-electron chi connectivity index (χ0n) is 11.8. The molecule has 5 nitrogen and oxygen atoms in total. The van der Waals surface area contributed by atoms with Gasteiger partial charge in [0.25, 0.3) is 10.0 Å². The molecule has 0 unspecified atom stereocenters. The lowest BCUT2D eigenvalue weighted by atomic mass is 10.2. The fourth-order valence-corrected chi connectivity index (χ4v) is 3.40. The van der Waals surface area contributed by atoms with Crippen LogP contribution in [0.4, 0.5) is 0 Å². The lowest BCUT2D eigenvalue weighted by Crippen LogP contribution is -2.18. The molecule has 2 aromatic carbocycles. The van der Waals surface area contributed by atoms with E-state index in [1.54, 1.807) is 24.3 Å². The second-order valence-electron chi connectivity index (χ2n) is 4.32. The van der Waals surface area contributed by atoms with Crippen LogP contribution in [0, 0.1) is 0 Å². The van der Waals surface area contributed by atoms with E-state index in [2.05, 4.69) is 25.9 Å². The summed E-state index contributed by atoms with van der Waals surface area (Å²) in [6, 6.07) is 9.29. The molecule has 2 rings (SSSR count). The summed E-state index contributed by atoms with van der Waals surface area (Å²) in [7, 11) is -2.29. The van der Waals surface area contributed by atoms with E-state index >= 15 is 0 Å². The first-order chi connectivity index (χ1) is 10.8. The van der Waals surface area contributed by atoms with Crippen molar-refractivity contribution in [1.29, 1.82) is 0 Å². The van der Waals surface area contributed by atoms with Crippen molar-refractivity contribution in [2.24, 2.45) is 5.10 Å². The first kappa shape index (κ1) is 18.1. The maximum atomic E-state index is 12.1. The van der Waals surface area contributed by atoms with Crippen LogP contribution < -0.4 is 9.57 Å². The maximum absolute atomic E-state index is 12.1. The number of nitrogens with zero attached hydrogens (tertiary/aromatic N) is 1. The first-order valence-electron chi connectivity index (χ1n) is 6.17. The Morgan fingerprint density at radius 1 is 1.17 bits per heavy atom. The topological polar surface area (TPSA) is 67.8 Å². The van der Waals surface area contributed by atoms with Crippen LogP contribution in [0.3, 0.4) is 0 Å². The van der Waals surface area contributed by atoms with Gasteiger partial charge in [0.05, 0.1) is 28.3 Å². The van der Waals surface area contributed by atoms with Crippen molar-refractivity contribution in [2.75, 3.05) is 7.11 Å². The summed E-state index contributed by atoms with van der Waals surface area (Å²) in [5.41, 5.74) is 0.527. The summed E-state index contributed by atoms with van der Waals surface area (Å²) >= 11 is 15.2. The summed E-state index contributed by atoms with van der Waals surface area (Å²) in [6.45, 7) is 0. The number of sulfonamides is 1. The Balaban J connectivity index is 2.17. The van der Waals surface area contributed by atoms with Gasteiger partial charge in [0, 0.05) is 4.47 Å². The van der Waals surface area contributed by atoms with Crippen LogP contribution in [-0.4, -0.2) is 21.7 Å². The summed E-state index contributed by atoms with van der Waals surface area (Å²) in [4.78, 5) is 2.22. The standard InChI is InChI=1S/C14H11BrCl2N2O3S/c1-22-14-12(16)6-9(7-13(14)17)8-18-19-23(20,21)11-4-2-10(15)3-5-11/h2-8,19H,1H3/b18-8+. The lowest BCUT2D eigenvalue weighted by molar-refractivity contribution is 0.415. The van der Waals surface area contributed by atoms with Gasteiger partial charge in [-0.15, -0.1) is 0 Å². The summed E-state index contributed by atoms with van der Waals surface area (Å²) < 4.78 is 29.9. The molecule has 2 aromatic rings. The van der Waals surface area contributed by atoms with Gasteiger partial charge in [-0.05, 0) is 42.0 Å². The minimum atomic E-state index is -3.74. The number of benzene rings is 2. The fraction of sp³-hybridized carbons (Fsp3) is 0.0714. The number of hydrogen-bond donors (Lipinski definition) is 1. The summed E-state index contributed by atoms with van der Waals surface area (Å²) in [5, 5.41) is 4.32. The number of hydrazone groups is 1. The molecule has 0 aliphatic heterocycles. The fourth-order valence-electron chi connectivity index (χ4n) is 1.69. The van der Waals surface area contributed by atoms with Crippen molar-refractivity contribution in [3.63, 3.8) is 0 Å². The van der Waals surface area contributed by atoms with E-state index in [4.69, 9.17) is 27.9 Å². The lowest BCUT2D eigenvalue weighted by Gasteiger charge is -2.06. The third-order valence-corrected chi connectivity index (χ3v) is 5.06. The molecule has 23 heavy (non-hydrogen) atoms. The van der Waals surface area contributed by atoms with Gasteiger partial charge in [0.1, 0.15) is 0 Å². The van der Waals surface area contributed by atoms with E-state index in [0.29, 0.717) is 21.4 Å². The van der Waals surface area contributed by atoms with Crippen molar-refractivity contribution < 1.29 is 13.2 Å². The zero-order chi connectivity index (χ0) is 17.0. The Morgan fingerprint density at radius 3 is 2.26 bits per heavy atom. The third kappa shape index (κ3) is 4.60. The van der Waals surface area contributed by atoms with Gasteiger partial charge < -0.3 is 4.74 Å². The Bertz CT molecular complexity index is 817. The summed E-state index contributed by atoms with van der Waals surface area (Å²) in [6.07, 6.45) is 1.30. The van der Waals surface area contributed by atoms with Gasteiger partial charge in [-0.1, -0.05) is 39.1 Å². The number of methoxy groups -OCH3 is 1. The Labute approximate surface area is 152 Å². The van der Waals surface area contributed by atoms with Gasteiger partial charge >= 0.3 is 0 Å². The highest BCUT2D eigenvalue weighted by atomic mass is 79.9. The zero-order valence-corrected chi connectivity index (χ0v) is 15.7. The number of ether oxygens (including phenoxy) is 1. The van der Waals surface area contributed by atoms with Crippen LogP contribution in [0.2, 0.25) is 10.0 Å². The predicted molar refractivity (Wildman–Crippen MR) is 95.1 cm³/mol. The third-order valence-electron chi connectivity index (χ3n) is 2.74. The molecule has 0 fully saturated rings. The number of hydrogen-bond acceptors (Lipinski definition) is 4. The quantitative estimate of drug-likeness (QED) is 0.566. The largest absolute Gasteiger partial charge is 0.494 e. The van der Waals surface area contributed by atoms with Crippen molar-refractivity contribution in [2.45, 2.75) is 4.90 Å². The van der Waals surface area contributed by atoms with Gasteiger partial charge in [-0.2, -0.15) is 13.5 Å². The normalized spacial score (nSPS) is 11.7. The van der Waals surface area contributed by atoms with E-state index < -0.39 is 10.0 Å². The second-order valence-corrected chi connectivity index (χ2v) is 7.72. The van der Waals surface area contributed by atoms with Crippen LogP contribution in [0.1, 0.15) is 5.56 Å². The van der Waals surface area contributed by atoms with Crippen LogP contribution in [0.15, 0.2) is 50.9 Å². The number of halogens is 3. The molecule has 0 saturated carbocycles. The van der Waals surface area contributed by atoms with Crippen LogP contribution in [0.5, 0.6) is 5.75 Å². The van der Waals surface area contributed by atoms with Gasteiger partial charge in [-0.25, -0.2) is 4.83 Å². The van der Waals surface area contributed by atoms with E-state index in [-0.39, 0.29) is 4.90 Å². The second kappa shape index (κ2) is 7.53. The van der Waals surface area contributed by atoms with Crippen molar-refractivity contribution >= 4 is 55.4 Å². The molecule has 0 aromatic heterocycles. The van der Waals surface area contributed by atoms with E-state index in [1.165, 1.54) is 25.5 Å². The van der Waals surface area contributed by atoms with Crippen LogP contribution in [-0.2, 0) is 10.0 Å². The molecule has 0 heterocycles. The van der Waals surface area contributed by atoms with E-state index in [1.807, 2.05) is 0 Å². The Hall–Kier alpha value is -1.28. The smallest absolute Gasteiger partial charge is 0.276 e. The predicted octanol–water partition coefficient (Wildman–Crippen LogP) is 4.08. The molecular weight excluding hydrogens is 427 g/mol. The van der Waals surface area contributed by atoms with Crippen molar-refractivity contribution in [3.8, 4) is 5.75 Å². The SMILES string of the molecule is COc1c(Cl)cc(/C=N/NS(=O)(=O)c2ccc(Br)cc2)cc1Cl. The van der Waals surface area contributed by atoms with Crippen molar-refractivity contribution in [1.82, 2.24) is 4.83 Å². The highest BCUT2D eigenvalue weighted by molar-refractivity contribution is 9.10. The molecule has 1 N–H and O–H groups in total. The minimum absolute atomic E-state index is 0.101. The Morgan fingerprint density at radius 2 is 1.74 bits per heavy atom. The minimum Gasteiger partial charge on any atom is -0.494 e. The van der Waals surface area contributed by atoms with Crippen LogP contribution >= 0.6 is 39.1 Å². The average Bonchev–Trinajstić information content (AvgIpc) is 2.47. The molecule has 0 saturated heterocycles. The molecule has 0 atom stereocenters. The monoisotopic (exact) mass is 436 g/mol. The molecule has 122 valence electrons. The van der Waals surface area contributed by atoms with E-state index in [0.717, 1.165) is 4.47 Å². The van der Waals surface area contributed by atoms with Gasteiger partial charge in [0.2, 0.25) is 0 Å². The highest BCUT2D eigenvalue weighted by Crippen LogP contribution is 2.33. The molecule has 0 spiro atoms. The van der Waals surface area contributed by atoms with E-state index in [9.17, 15) is 8.42 Å². The molecule has 0 bridgehead atoms. The van der Waals surface area contributed by atoms with Crippen LogP contribution in [0.25, 0.3) is 0 Å². The summed E-state index contributed by atoms with van der Waals surface area (Å²) in [5.74, 6) is 0.348. The molecule has 0 aliphatic rings. The molecule has 0 amide bonds. The molecule has 9 heteroatoms. The number of rotatable bonds is 5. The van der Waals surface area contributed by atoms with Gasteiger partial charge in [-0.3, -0.25) is 0 Å². The maximum Gasteiger partial charge on any atom is 0.276 e. The molecular formula is C14H11BrCl2N2O3S. The number of nitrogens with one attached hydrogen (secondary N) is 1. The average molecular weight is 438 g/mol. The highest BCUT2D eigenvalue weighted by Gasteiger charge is 2.12. The molecule has 0 aliphatic carbocycles. The Kier molecular flexibility index (Phi) is 5.91. The van der Waals surface area contributed by atoms with Crippen molar-refractivity contribution in [3.05, 3.63) is 56.5 Å². The molecule has 0 radical (unpaired) electrons.